The molecule has 0 heterocycles. The van der Waals surface area contributed by atoms with Gasteiger partial charge in [-0.2, -0.15) is 0 Å². The van der Waals surface area contributed by atoms with E-state index in [-0.39, 0.29) is 5.97 Å². The third-order valence-electron chi connectivity index (χ3n) is 2.13. The maximum absolute atomic E-state index is 11.5. The minimum Gasteiger partial charge on any atom is -0.464 e. The lowest BCUT2D eigenvalue weighted by Gasteiger charge is -2.14. The Morgan fingerprint density at radius 2 is 1.81 bits per heavy atom. The molecule has 0 aromatic rings. The molecule has 16 heavy (non-hydrogen) atoms. The molecule has 4 heteroatoms. The van der Waals surface area contributed by atoms with Crippen molar-refractivity contribution in [2.45, 2.75) is 59.0 Å². The number of hydrogen-bond acceptors (Lipinski definition) is 4. The average molecular weight is 232 g/mol. The molecule has 0 spiro atoms. The van der Waals surface area contributed by atoms with Crippen LogP contribution in [0.25, 0.3) is 0 Å². The van der Waals surface area contributed by atoms with E-state index in [9.17, 15) is 4.79 Å². The molecule has 0 aliphatic rings. The molecule has 0 bridgehead atoms. The highest BCUT2D eigenvalue weighted by Gasteiger charge is 2.21. The maximum Gasteiger partial charge on any atom is 0.338 e. The maximum atomic E-state index is 11.5. The third kappa shape index (κ3) is 7.65. The highest BCUT2D eigenvalue weighted by atomic mass is 17.2. The van der Waals surface area contributed by atoms with Gasteiger partial charge in [0.25, 0.3) is 0 Å². The summed E-state index contributed by atoms with van der Waals surface area (Å²) in [6.07, 6.45) is 4.01. The number of carbonyl (C=O) groups is 1. The van der Waals surface area contributed by atoms with Crippen molar-refractivity contribution in [3.8, 4) is 0 Å². The molecule has 96 valence electrons. The monoisotopic (exact) mass is 232 g/mol. The van der Waals surface area contributed by atoms with E-state index in [1.54, 1.807) is 6.92 Å². The van der Waals surface area contributed by atoms with Crippen molar-refractivity contribution in [2.75, 3.05) is 13.2 Å². The van der Waals surface area contributed by atoms with Crippen LogP contribution in [0, 0.1) is 0 Å². The SMILES string of the molecule is CCCCOOC(CCCC)C(=O)OCC. The summed E-state index contributed by atoms with van der Waals surface area (Å²) >= 11 is 0. The number of unbranched alkanes of at least 4 members (excludes halogenated alkanes) is 2. The van der Waals surface area contributed by atoms with E-state index in [1.165, 1.54) is 0 Å². The first kappa shape index (κ1) is 15.4. The molecule has 0 amide bonds. The van der Waals surface area contributed by atoms with E-state index in [2.05, 4.69) is 13.8 Å². The number of rotatable bonds is 10. The summed E-state index contributed by atoms with van der Waals surface area (Å²) in [6.45, 7) is 6.83. The Balaban J connectivity index is 3.84. The van der Waals surface area contributed by atoms with Gasteiger partial charge in [0, 0.05) is 0 Å². The van der Waals surface area contributed by atoms with Gasteiger partial charge < -0.3 is 4.74 Å². The first-order chi connectivity index (χ1) is 7.76. The normalized spacial score (nSPS) is 12.4. The van der Waals surface area contributed by atoms with Crippen molar-refractivity contribution < 1.29 is 19.3 Å². The highest BCUT2D eigenvalue weighted by Crippen LogP contribution is 2.08. The summed E-state index contributed by atoms with van der Waals surface area (Å²) in [5, 5.41) is 0. The molecule has 0 radical (unpaired) electrons. The van der Waals surface area contributed by atoms with E-state index in [1.807, 2.05) is 0 Å². The smallest absolute Gasteiger partial charge is 0.338 e. The molecule has 1 atom stereocenters. The van der Waals surface area contributed by atoms with Crippen LogP contribution in [0.1, 0.15) is 52.9 Å². The molecule has 0 rings (SSSR count). The topological polar surface area (TPSA) is 44.8 Å². The summed E-state index contributed by atoms with van der Waals surface area (Å²) in [7, 11) is 0. The average Bonchev–Trinajstić information content (AvgIpc) is 2.28. The zero-order valence-electron chi connectivity index (χ0n) is 10.7. The van der Waals surface area contributed by atoms with E-state index < -0.39 is 6.10 Å². The van der Waals surface area contributed by atoms with E-state index >= 15 is 0 Å². The summed E-state index contributed by atoms with van der Waals surface area (Å²) in [5.41, 5.74) is 0. The molecule has 0 aromatic carbocycles. The van der Waals surface area contributed by atoms with Gasteiger partial charge in [0.2, 0.25) is 0 Å². The minimum atomic E-state index is -0.572. The molecule has 0 fully saturated rings. The van der Waals surface area contributed by atoms with Gasteiger partial charge in [0.05, 0.1) is 13.2 Å². The number of ether oxygens (including phenoxy) is 1. The summed E-state index contributed by atoms with van der Waals surface area (Å²) in [4.78, 5) is 21.6. The zero-order chi connectivity index (χ0) is 12.2. The second kappa shape index (κ2) is 10.9. The Hall–Kier alpha value is -0.610. The molecule has 0 aliphatic carbocycles. The lowest BCUT2D eigenvalue weighted by molar-refractivity contribution is -0.322. The fourth-order valence-corrected chi connectivity index (χ4v) is 1.16. The van der Waals surface area contributed by atoms with Crippen molar-refractivity contribution in [3.63, 3.8) is 0 Å². The van der Waals surface area contributed by atoms with Crippen LogP contribution < -0.4 is 0 Å². The quantitative estimate of drug-likeness (QED) is 0.251. The standard InChI is InChI=1S/C12H24O4/c1-4-7-9-11(12(13)14-6-3)16-15-10-8-5-2/h11H,4-10H2,1-3H3. The molecule has 1 unspecified atom stereocenters. The summed E-state index contributed by atoms with van der Waals surface area (Å²) in [6, 6.07) is 0. The van der Waals surface area contributed by atoms with Gasteiger partial charge in [-0.15, -0.1) is 0 Å². The Labute approximate surface area is 98.2 Å². The van der Waals surface area contributed by atoms with Gasteiger partial charge in [-0.05, 0) is 19.8 Å². The second-order valence-electron chi connectivity index (χ2n) is 3.65. The van der Waals surface area contributed by atoms with Gasteiger partial charge in [0.15, 0.2) is 6.10 Å². The fraction of sp³-hybridized carbons (Fsp3) is 0.917. The zero-order valence-corrected chi connectivity index (χ0v) is 10.7. The molecule has 0 N–H and O–H groups in total. The van der Waals surface area contributed by atoms with Crippen molar-refractivity contribution in [2.24, 2.45) is 0 Å². The van der Waals surface area contributed by atoms with Crippen molar-refractivity contribution >= 4 is 5.97 Å². The first-order valence-electron chi connectivity index (χ1n) is 6.21. The Bertz CT molecular complexity index is 170. The van der Waals surface area contributed by atoms with E-state index in [0.29, 0.717) is 19.6 Å². The van der Waals surface area contributed by atoms with Crippen molar-refractivity contribution in [1.82, 2.24) is 0 Å². The lowest BCUT2D eigenvalue weighted by Crippen LogP contribution is -2.27. The number of esters is 1. The fourth-order valence-electron chi connectivity index (χ4n) is 1.16. The van der Waals surface area contributed by atoms with Crippen molar-refractivity contribution in [3.05, 3.63) is 0 Å². The predicted octanol–water partition coefficient (Wildman–Crippen LogP) is 2.86. The van der Waals surface area contributed by atoms with Gasteiger partial charge >= 0.3 is 5.97 Å². The number of carbonyl (C=O) groups excluding carboxylic acids is 1. The minimum absolute atomic E-state index is 0.326. The third-order valence-corrected chi connectivity index (χ3v) is 2.13. The largest absolute Gasteiger partial charge is 0.464 e. The Morgan fingerprint density at radius 3 is 2.38 bits per heavy atom. The molecule has 0 aromatic heterocycles. The molecule has 4 nitrogen and oxygen atoms in total. The molecule has 0 aliphatic heterocycles. The molecule has 0 saturated heterocycles. The van der Waals surface area contributed by atoms with Gasteiger partial charge in [-0.25, -0.2) is 14.6 Å². The van der Waals surface area contributed by atoms with Gasteiger partial charge in [0.1, 0.15) is 0 Å². The Kier molecular flexibility index (Phi) is 10.5. The first-order valence-corrected chi connectivity index (χ1v) is 6.21. The van der Waals surface area contributed by atoms with E-state index in [4.69, 9.17) is 14.5 Å². The van der Waals surface area contributed by atoms with Crippen LogP contribution >= 0.6 is 0 Å². The summed E-state index contributed by atoms with van der Waals surface area (Å²) in [5.74, 6) is -0.326. The number of hydrogen-bond donors (Lipinski definition) is 0. The summed E-state index contributed by atoms with van der Waals surface area (Å²) < 4.78 is 4.91. The van der Waals surface area contributed by atoms with Crippen LogP contribution in [0.2, 0.25) is 0 Å². The Morgan fingerprint density at radius 1 is 1.12 bits per heavy atom. The van der Waals surface area contributed by atoms with Gasteiger partial charge in [-0.1, -0.05) is 33.1 Å². The van der Waals surface area contributed by atoms with Gasteiger partial charge in [-0.3, -0.25) is 0 Å². The van der Waals surface area contributed by atoms with Crippen LogP contribution in [-0.4, -0.2) is 25.3 Å². The molecule has 0 saturated carbocycles. The lowest BCUT2D eigenvalue weighted by atomic mass is 10.2. The van der Waals surface area contributed by atoms with Crippen LogP contribution in [0.4, 0.5) is 0 Å². The van der Waals surface area contributed by atoms with Crippen LogP contribution in [0.5, 0.6) is 0 Å². The second-order valence-corrected chi connectivity index (χ2v) is 3.65. The molecular weight excluding hydrogens is 208 g/mol. The van der Waals surface area contributed by atoms with Crippen LogP contribution in [0.15, 0.2) is 0 Å². The highest BCUT2D eigenvalue weighted by molar-refractivity contribution is 5.74. The van der Waals surface area contributed by atoms with E-state index in [0.717, 1.165) is 25.7 Å². The van der Waals surface area contributed by atoms with Crippen LogP contribution in [-0.2, 0) is 19.3 Å². The van der Waals surface area contributed by atoms with Crippen LogP contribution in [0.3, 0.4) is 0 Å². The predicted molar refractivity (Wildman–Crippen MR) is 61.9 cm³/mol. The molecular formula is C12H24O4. The van der Waals surface area contributed by atoms with Crippen molar-refractivity contribution in [1.29, 1.82) is 0 Å².